The molecule has 0 aromatic heterocycles. The normalized spacial score (nSPS) is 50.7. The minimum atomic E-state index is 0.380. The SMILES string of the molecule is CC1(C)C=C2CC3(C)CC(CN)(CC23)C1. The van der Waals surface area contributed by atoms with Gasteiger partial charge in [0.05, 0.1) is 0 Å². The van der Waals surface area contributed by atoms with Gasteiger partial charge in [0.25, 0.3) is 0 Å². The van der Waals surface area contributed by atoms with E-state index in [4.69, 9.17) is 5.73 Å². The number of hydrogen-bond donors (Lipinski definition) is 1. The summed E-state index contributed by atoms with van der Waals surface area (Å²) in [7, 11) is 0. The lowest BCUT2D eigenvalue weighted by atomic mass is 9.57. The molecule has 2 fully saturated rings. The summed E-state index contributed by atoms with van der Waals surface area (Å²) in [6, 6.07) is 0. The molecule has 0 aromatic rings. The predicted octanol–water partition coefficient (Wildman–Crippen LogP) is 3.11. The van der Waals surface area contributed by atoms with Crippen molar-refractivity contribution in [3.63, 3.8) is 0 Å². The van der Waals surface area contributed by atoms with Crippen LogP contribution in [0.5, 0.6) is 0 Å². The Kier molecular flexibility index (Phi) is 1.65. The quantitative estimate of drug-likeness (QED) is 0.654. The first-order chi connectivity index (χ1) is 6.88. The van der Waals surface area contributed by atoms with Crippen molar-refractivity contribution in [3.8, 4) is 0 Å². The standard InChI is InChI=1S/C14H23N/c1-12(2)4-10-5-13(3)8-14(7-12,9-15)6-11(10)13/h4,11H,5-9,15H2,1-3H3. The number of rotatable bonds is 1. The number of hydrogen-bond acceptors (Lipinski definition) is 1. The summed E-state index contributed by atoms with van der Waals surface area (Å²) in [5.74, 6) is 0.878. The maximum absolute atomic E-state index is 6.08. The van der Waals surface area contributed by atoms with E-state index in [0.717, 1.165) is 12.5 Å². The first-order valence-electron chi connectivity index (χ1n) is 6.30. The summed E-state index contributed by atoms with van der Waals surface area (Å²) in [5, 5.41) is 0. The van der Waals surface area contributed by atoms with Gasteiger partial charge >= 0.3 is 0 Å². The van der Waals surface area contributed by atoms with Crippen LogP contribution < -0.4 is 5.73 Å². The first-order valence-corrected chi connectivity index (χ1v) is 6.30. The van der Waals surface area contributed by atoms with Crippen molar-refractivity contribution in [3.05, 3.63) is 11.6 Å². The molecule has 1 heteroatoms. The van der Waals surface area contributed by atoms with Crippen LogP contribution in [0, 0.1) is 22.2 Å². The summed E-state index contributed by atoms with van der Waals surface area (Å²) >= 11 is 0. The van der Waals surface area contributed by atoms with Crippen molar-refractivity contribution in [2.45, 2.75) is 46.5 Å². The smallest absolute Gasteiger partial charge is 0.00198 e. The van der Waals surface area contributed by atoms with Crippen molar-refractivity contribution < 1.29 is 0 Å². The van der Waals surface area contributed by atoms with Crippen LogP contribution in [0.25, 0.3) is 0 Å². The first kappa shape index (κ1) is 9.89. The third kappa shape index (κ3) is 1.19. The molecule has 15 heavy (non-hydrogen) atoms. The van der Waals surface area contributed by atoms with Crippen molar-refractivity contribution >= 4 is 0 Å². The largest absolute Gasteiger partial charge is 0.330 e. The molecule has 3 unspecified atom stereocenters. The molecule has 2 N–H and O–H groups in total. The van der Waals surface area contributed by atoms with Crippen molar-refractivity contribution in [1.82, 2.24) is 0 Å². The van der Waals surface area contributed by atoms with E-state index in [1.165, 1.54) is 25.7 Å². The van der Waals surface area contributed by atoms with Gasteiger partial charge < -0.3 is 5.73 Å². The van der Waals surface area contributed by atoms with Gasteiger partial charge in [0.1, 0.15) is 0 Å². The van der Waals surface area contributed by atoms with E-state index >= 15 is 0 Å². The van der Waals surface area contributed by atoms with Gasteiger partial charge in [-0.1, -0.05) is 32.4 Å². The molecule has 3 atom stereocenters. The summed E-state index contributed by atoms with van der Waals surface area (Å²) < 4.78 is 0. The molecular formula is C14H23N. The molecular weight excluding hydrogens is 182 g/mol. The van der Waals surface area contributed by atoms with E-state index in [1.54, 1.807) is 5.57 Å². The molecule has 3 aliphatic rings. The highest BCUT2D eigenvalue weighted by Crippen LogP contribution is 2.70. The van der Waals surface area contributed by atoms with Gasteiger partial charge in [0.2, 0.25) is 0 Å². The molecule has 0 saturated heterocycles. The molecule has 3 aliphatic carbocycles. The van der Waals surface area contributed by atoms with Crippen LogP contribution in [0.3, 0.4) is 0 Å². The van der Waals surface area contributed by atoms with Crippen LogP contribution in [0.4, 0.5) is 0 Å². The minimum Gasteiger partial charge on any atom is -0.330 e. The van der Waals surface area contributed by atoms with E-state index in [-0.39, 0.29) is 0 Å². The molecule has 0 amide bonds. The van der Waals surface area contributed by atoms with Crippen molar-refractivity contribution in [2.75, 3.05) is 6.54 Å². The summed E-state index contributed by atoms with van der Waals surface area (Å²) in [4.78, 5) is 0. The highest BCUT2D eigenvalue weighted by atomic mass is 14.7. The van der Waals surface area contributed by atoms with Gasteiger partial charge in [-0.15, -0.1) is 0 Å². The summed E-state index contributed by atoms with van der Waals surface area (Å²) in [5.41, 5.74) is 9.28. The molecule has 84 valence electrons. The Hall–Kier alpha value is -0.300. The van der Waals surface area contributed by atoms with Crippen LogP contribution in [-0.2, 0) is 0 Å². The molecule has 2 bridgehead atoms. The molecule has 0 heterocycles. The van der Waals surface area contributed by atoms with Crippen molar-refractivity contribution in [1.29, 1.82) is 0 Å². The lowest BCUT2D eigenvalue weighted by Crippen LogP contribution is -2.38. The average molecular weight is 205 g/mol. The Balaban J connectivity index is 2.05. The maximum atomic E-state index is 6.08. The fourth-order valence-electron chi connectivity index (χ4n) is 4.99. The molecule has 0 aromatic carbocycles. The van der Waals surface area contributed by atoms with E-state index in [2.05, 4.69) is 26.8 Å². The zero-order chi connectivity index (χ0) is 10.9. The van der Waals surface area contributed by atoms with Gasteiger partial charge in [0.15, 0.2) is 0 Å². The third-order valence-corrected chi connectivity index (χ3v) is 5.15. The summed E-state index contributed by atoms with van der Waals surface area (Å²) in [6.45, 7) is 8.13. The minimum absolute atomic E-state index is 0.380. The molecule has 0 aliphatic heterocycles. The van der Waals surface area contributed by atoms with E-state index in [9.17, 15) is 0 Å². The molecule has 0 spiro atoms. The van der Waals surface area contributed by atoms with E-state index in [0.29, 0.717) is 16.2 Å². The van der Waals surface area contributed by atoms with Crippen LogP contribution in [0.1, 0.15) is 46.5 Å². The van der Waals surface area contributed by atoms with Crippen LogP contribution in [0.15, 0.2) is 11.6 Å². The Morgan fingerprint density at radius 3 is 2.73 bits per heavy atom. The van der Waals surface area contributed by atoms with E-state index < -0.39 is 0 Å². The van der Waals surface area contributed by atoms with Gasteiger partial charge in [0, 0.05) is 0 Å². The highest BCUT2D eigenvalue weighted by molar-refractivity contribution is 5.32. The molecule has 3 rings (SSSR count). The second-order valence-corrected chi connectivity index (χ2v) is 7.35. The topological polar surface area (TPSA) is 26.0 Å². The van der Waals surface area contributed by atoms with Gasteiger partial charge in [-0.25, -0.2) is 0 Å². The monoisotopic (exact) mass is 205 g/mol. The Bertz CT molecular complexity index is 341. The van der Waals surface area contributed by atoms with Crippen LogP contribution in [-0.4, -0.2) is 6.54 Å². The summed E-state index contributed by atoms with van der Waals surface area (Å²) in [6.07, 6.45) is 7.96. The lowest BCUT2D eigenvalue weighted by Gasteiger charge is -2.48. The van der Waals surface area contributed by atoms with Crippen LogP contribution >= 0.6 is 0 Å². The second kappa shape index (κ2) is 2.51. The molecule has 0 radical (unpaired) electrons. The fourth-order valence-corrected chi connectivity index (χ4v) is 4.99. The van der Waals surface area contributed by atoms with Gasteiger partial charge in [-0.05, 0) is 54.4 Å². The number of allylic oxidation sites excluding steroid dienone is 2. The highest BCUT2D eigenvalue weighted by Gasteiger charge is 2.60. The third-order valence-electron chi connectivity index (χ3n) is 5.15. The maximum Gasteiger partial charge on any atom is -0.00198 e. The molecule has 2 saturated carbocycles. The fraction of sp³-hybridized carbons (Fsp3) is 0.857. The number of nitrogens with two attached hydrogens (primary N) is 1. The van der Waals surface area contributed by atoms with Gasteiger partial charge in [-0.2, -0.15) is 0 Å². The van der Waals surface area contributed by atoms with Crippen molar-refractivity contribution in [2.24, 2.45) is 27.9 Å². The predicted molar refractivity (Wildman–Crippen MR) is 63.4 cm³/mol. The second-order valence-electron chi connectivity index (χ2n) is 7.35. The molecule has 1 nitrogen and oxygen atoms in total. The Labute approximate surface area is 93.1 Å². The Morgan fingerprint density at radius 2 is 2.07 bits per heavy atom. The zero-order valence-electron chi connectivity index (χ0n) is 10.3. The lowest BCUT2D eigenvalue weighted by molar-refractivity contribution is 0.132. The Morgan fingerprint density at radius 1 is 1.33 bits per heavy atom. The van der Waals surface area contributed by atoms with Gasteiger partial charge in [-0.3, -0.25) is 0 Å². The average Bonchev–Trinajstić information content (AvgIpc) is 2.25. The van der Waals surface area contributed by atoms with E-state index in [1.807, 2.05) is 0 Å². The zero-order valence-corrected chi connectivity index (χ0v) is 10.3. The number of fused-ring (bicyclic) bond motifs is 1. The van der Waals surface area contributed by atoms with Crippen LogP contribution in [0.2, 0.25) is 0 Å².